The molecule has 150 valence electrons. The van der Waals surface area contributed by atoms with Crippen molar-refractivity contribution in [1.29, 1.82) is 5.26 Å². The number of halogens is 1. The number of likely N-dealkylation sites (tertiary alicyclic amines) is 1. The number of hydrogen-bond donors (Lipinski definition) is 1. The number of oxazole rings is 1. The molecule has 1 N–H and O–H groups in total. The summed E-state index contributed by atoms with van der Waals surface area (Å²) in [5, 5.41) is 13.4. The van der Waals surface area contributed by atoms with Gasteiger partial charge in [0.2, 0.25) is 5.65 Å². The molecular weight excluding hydrogens is 390 g/mol. The number of piperidine rings is 1. The molecular formula is C21H22ClN5O2. The fourth-order valence-electron chi connectivity index (χ4n) is 3.75. The molecule has 0 amide bonds. The SMILES string of the molecule is CCN1CCC[C@@H](Nc2nc3nc(-c4c(C#N)cc(Cl)cc4OC)ccc3o2)C1. The number of fused-ring (bicyclic) bond motifs is 1. The number of pyridine rings is 1. The minimum absolute atomic E-state index is 0.304. The molecule has 1 aromatic carbocycles. The van der Waals surface area contributed by atoms with E-state index in [1.807, 2.05) is 6.07 Å². The van der Waals surface area contributed by atoms with Crippen molar-refractivity contribution in [2.45, 2.75) is 25.8 Å². The summed E-state index contributed by atoms with van der Waals surface area (Å²) in [4.78, 5) is 11.5. The summed E-state index contributed by atoms with van der Waals surface area (Å²) >= 11 is 6.09. The first-order chi connectivity index (χ1) is 14.1. The van der Waals surface area contributed by atoms with Gasteiger partial charge in [0, 0.05) is 17.6 Å². The largest absolute Gasteiger partial charge is 0.496 e. The third kappa shape index (κ3) is 4.00. The van der Waals surface area contributed by atoms with Gasteiger partial charge in [-0.2, -0.15) is 10.2 Å². The van der Waals surface area contributed by atoms with E-state index in [2.05, 4.69) is 33.2 Å². The number of nitriles is 1. The van der Waals surface area contributed by atoms with Crippen LogP contribution in [0.3, 0.4) is 0 Å². The minimum Gasteiger partial charge on any atom is -0.496 e. The van der Waals surface area contributed by atoms with Gasteiger partial charge in [0.05, 0.1) is 23.9 Å². The number of methoxy groups -OCH3 is 1. The molecule has 2 aromatic heterocycles. The topological polar surface area (TPSA) is 87.2 Å². The summed E-state index contributed by atoms with van der Waals surface area (Å²) in [6, 6.07) is 9.81. The van der Waals surface area contributed by atoms with Gasteiger partial charge in [-0.05, 0) is 50.2 Å². The minimum atomic E-state index is 0.304. The summed E-state index contributed by atoms with van der Waals surface area (Å²) in [6.45, 7) is 5.33. The summed E-state index contributed by atoms with van der Waals surface area (Å²) < 4.78 is 11.3. The normalized spacial score (nSPS) is 17.2. The van der Waals surface area contributed by atoms with E-state index in [1.165, 1.54) is 7.11 Å². The Labute approximate surface area is 174 Å². The first-order valence-electron chi connectivity index (χ1n) is 9.65. The van der Waals surface area contributed by atoms with Crippen LogP contribution < -0.4 is 10.1 Å². The molecule has 1 atom stereocenters. The van der Waals surface area contributed by atoms with Crippen LogP contribution in [0.5, 0.6) is 5.75 Å². The Morgan fingerprint density at radius 2 is 2.24 bits per heavy atom. The highest BCUT2D eigenvalue weighted by Gasteiger charge is 2.21. The second-order valence-electron chi connectivity index (χ2n) is 7.06. The van der Waals surface area contributed by atoms with Crippen LogP contribution in [0.1, 0.15) is 25.3 Å². The number of anilines is 1. The van der Waals surface area contributed by atoms with Gasteiger partial charge in [-0.15, -0.1) is 0 Å². The van der Waals surface area contributed by atoms with Crippen LogP contribution in [-0.2, 0) is 0 Å². The first-order valence-corrected chi connectivity index (χ1v) is 10.0. The van der Waals surface area contributed by atoms with Gasteiger partial charge >= 0.3 is 0 Å². The van der Waals surface area contributed by atoms with Crippen LogP contribution in [-0.4, -0.2) is 47.7 Å². The fraction of sp³-hybridized carbons (Fsp3) is 0.381. The van der Waals surface area contributed by atoms with Crippen molar-refractivity contribution < 1.29 is 9.15 Å². The average Bonchev–Trinajstić information content (AvgIpc) is 3.14. The molecule has 29 heavy (non-hydrogen) atoms. The quantitative estimate of drug-likeness (QED) is 0.668. The molecule has 1 aliphatic heterocycles. The lowest BCUT2D eigenvalue weighted by molar-refractivity contribution is 0.225. The van der Waals surface area contributed by atoms with E-state index in [-0.39, 0.29) is 0 Å². The number of ether oxygens (including phenoxy) is 1. The second kappa shape index (κ2) is 8.27. The Kier molecular flexibility index (Phi) is 5.56. The lowest BCUT2D eigenvalue weighted by atomic mass is 10.0. The number of hydrogen-bond acceptors (Lipinski definition) is 7. The van der Waals surface area contributed by atoms with E-state index in [9.17, 15) is 5.26 Å². The van der Waals surface area contributed by atoms with E-state index in [1.54, 1.807) is 18.2 Å². The maximum absolute atomic E-state index is 9.53. The van der Waals surface area contributed by atoms with Crippen LogP contribution in [0.15, 0.2) is 28.7 Å². The predicted octanol–water partition coefficient (Wildman–Crippen LogP) is 4.32. The van der Waals surface area contributed by atoms with Gasteiger partial charge in [0.1, 0.15) is 11.8 Å². The van der Waals surface area contributed by atoms with Crippen LogP contribution in [0.25, 0.3) is 22.5 Å². The van der Waals surface area contributed by atoms with Gasteiger partial charge in [0.25, 0.3) is 6.01 Å². The number of benzene rings is 1. The predicted molar refractivity (Wildman–Crippen MR) is 112 cm³/mol. The zero-order chi connectivity index (χ0) is 20.4. The van der Waals surface area contributed by atoms with Crippen LogP contribution in [0.2, 0.25) is 5.02 Å². The van der Waals surface area contributed by atoms with Gasteiger partial charge in [-0.25, -0.2) is 4.98 Å². The van der Waals surface area contributed by atoms with Crippen molar-refractivity contribution in [2.24, 2.45) is 0 Å². The number of aromatic nitrogens is 2. The lowest BCUT2D eigenvalue weighted by Gasteiger charge is -2.31. The molecule has 1 saturated heterocycles. The van der Waals surface area contributed by atoms with Crippen LogP contribution in [0, 0.1) is 11.3 Å². The Hall–Kier alpha value is -2.82. The van der Waals surface area contributed by atoms with E-state index < -0.39 is 0 Å². The standard InChI is InChI=1S/C21H22ClN5O2/c1-3-27-8-4-5-15(12-27)24-21-26-20-17(29-21)7-6-16(25-20)19-13(11-23)9-14(22)10-18(19)28-2/h6-7,9-10,15H,3-5,8,12H2,1-2H3,(H,24,25,26)/t15-/m1/s1. The molecule has 0 radical (unpaired) electrons. The Balaban J connectivity index is 1.65. The van der Waals surface area contributed by atoms with Crippen molar-refractivity contribution in [1.82, 2.24) is 14.9 Å². The van der Waals surface area contributed by atoms with Crippen LogP contribution in [0.4, 0.5) is 6.01 Å². The number of nitrogens with one attached hydrogen (secondary N) is 1. The Bertz CT molecular complexity index is 1070. The summed E-state index contributed by atoms with van der Waals surface area (Å²) in [5.74, 6) is 0.490. The third-order valence-electron chi connectivity index (χ3n) is 5.20. The van der Waals surface area contributed by atoms with Crippen LogP contribution >= 0.6 is 11.6 Å². The fourth-order valence-corrected chi connectivity index (χ4v) is 3.96. The van der Waals surface area contributed by atoms with Gasteiger partial charge in [-0.3, -0.25) is 0 Å². The van der Waals surface area contributed by atoms with E-state index in [0.717, 1.165) is 32.5 Å². The van der Waals surface area contributed by atoms with E-state index >= 15 is 0 Å². The van der Waals surface area contributed by atoms with Crippen molar-refractivity contribution in [2.75, 3.05) is 32.1 Å². The maximum atomic E-state index is 9.53. The smallest absolute Gasteiger partial charge is 0.297 e. The number of likely N-dealkylation sites (N-methyl/N-ethyl adjacent to an activating group) is 1. The molecule has 0 saturated carbocycles. The van der Waals surface area contributed by atoms with Crippen molar-refractivity contribution in [3.63, 3.8) is 0 Å². The molecule has 0 unspecified atom stereocenters. The zero-order valence-electron chi connectivity index (χ0n) is 16.4. The monoisotopic (exact) mass is 411 g/mol. The summed E-state index contributed by atoms with van der Waals surface area (Å²) in [7, 11) is 1.54. The van der Waals surface area contributed by atoms with Crippen molar-refractivity contribution in [3.8, 4) is 23.1 Å². The molecule has 1 fully saturated rings. The van der Waals surface area contributed by atoms with E-state index in [4.69, 9.17) is 20.8 Å². The highest BCUT2D eigenvalue weighted by Crippen LogP contribution is 2.36. The molecule has 8 heteroatoms. The first kappa shape index (κ1) is 19.5. The van der Waals surface area contributed by atoms with Gasteiger partial charge in [0.15, 0.2) is 5.58 Å². The number of nitrogens with zero attached hydrogens (tertiary/aromatic N) is 4. The van der Waals surface area contributed by atoms with E-state index in [0.29, 0.717) is 50.9 Å². The Morgan fingerprint density at radius 1 is 1.38 bits per heavy atom. The molecule has 0 aliphatic carbocycles. The molecule has 3 heterocycles. The second-order valence-corrected chi connectivity index (χ2v) is 7.49. The molecule has 3 aromatic rings. The van der Waals surface area contributed by atoms with Gasteiger partial charge in [-0.1, -0.05) is 18.5 Å². The highest BCUT2D eigenvalue weighted by molar-refractivity contribution is 6.31. The van der Waals surface area contributed by atoms with Gasteiger partial charge < -0.3 is 19.4 Å². The van der Waals surface area contributed by atoms with Crippen molar-refractivity contribution >= 4 is 28.8 Å². The highest BCUT2D eigenvalue weighted by atomic mass is 35.5. The average molecular weight is 412 g/mol. The molecule has 1 aliphatic rings. The molecule has 0 bridgehead atoms. The maximum Gasteiger partial charge on any atom is 0.297 e. The summed E-state index contributed by atoms with van der Waals surface area (Å²) in [5.41, 5.74) is 2.63. The zero-order valence-corrected chi connectivity index (χ0v) is 17.2. The number of rotatable bonds is 5. The molecule has 0 spiro atoms. The summed E-state index contributed by atoms with van der Waals surface area (Å²) in [6.07, 6.45) is 2.24. The third-order valence-corrected chi connectivity index (χ3v) is 5.42. The molecule has 7 nitrogen and oxygen atoms in total. The lowest BCUT2D eigenvalue weighted by Crippen LogP contribution is -2.41. The van der Waals surface area contributed by atoms with Crippen molar-refractivity contribution in [3.05, 3.63) is 34.9 Å². The molecule has 4 rings (SSSR count). The Morgan fingerprint density at radius 3 is 3.00 bits per heavy atom.